The van der Waals surface area contributed by atoms with Crippen molar-refractivity contribution >= 4 is 17.7 Å². The minimum atomic E-state index is -0.980. The van der Waals surface area contributed by atoms with Gasteiger partial charge in [-0.2, -0.15) is 11.8 Å². The average molecular weight is 237 g/mol. The highest BCUT2D eigenvalue weighted by atomic mass is 32.2. The highest BCUT2D eigenvalue weighted by Gasteiger charge is 2.13. The summed E-state index contributed by atoms with van der Waals surface area (Å²) in [6.07, 6.45) is -0.272. The number of carbonyl (C=O) groups is 1. The van der Waals surface area contributed by atoms with Crippen molar-refractivity contribution < 1.29 is 19.4 Å². The standard InChI is InChI=1S/C9H19NO4S/c1-3-13-8(14-4-2)6-15-5-7(10)9(11)12/h7-8H,3-6,10H2,1-2H3,(H,11,12)/t7-/m1/s1. The molecule has 0 aromatic heterocycles. The maximum atomic E-state index is 10.4. The molecule has 0 amide bonds. The summed E-state index contributed by atoms with van der Waals surface area (Å²) in [6.45, 7) is 4.94. The zero-order valence-electron chi connectivity index (χ0n) is 9.14. The molecule has 0 aromatic carbocycles. The van der Waals surface area contributed by atoms with E-state index >= 15 is 0 Å². The summed E-state index contributed by atoms with van der Waals surface area (Å²) in [5, 5.41) is 8.55. The second-order valence-corrected chi connectivity index (χ2v) is 3.90. The second kappa shape index (κ2) is 8.96. The van der Waals surface area contributed by atoms with Gasteiger partial charge in [-0.1, -0.05) is 0 Å². The van der Waals surface area contributed by atoms with Crippen molar-refractivity contribution in [1.29, 1.82) is 0 Å². The van der Waals surface area contributed by atoms with Crippen molar-refractivity contribution in [1.82, 2.24) is 0 Å². The summed E-state index contributed by atoms with van der Waals surface area (Å²) in [4.78, 5) is 10.4. The zero-order valence-corrected chi connectivity index (χ0v) is 9.96. The number of hydrogen-bond donors (Lipinski definition) is 2. The molecule has 0 saturated carbocycles. The highest BCUT2D eigenvalue weighted by Crippen LogP contribution is 2.08. The molecule has 15 heavy (non-hydrogen) atoms. The maximum Gasteiger partial charge on any atom is 0.321 e. The first kappa shape index (κ1) is 14.7. The van der Waals surface area contributed by atoms with Gasteiger partial charge in [0.05, 0.1) is 0 Å². The van der Waals surface area contributed by atoms with Gasteiger partial charge in [0.1, 0.15) is 6.04 Å². The Hall–Kier alpha value is -0.300. The van der Waals surface area contributed by atoms with Crippen molar-refractivity contribution in [3.8, 4) is 0 Å². The van der Waals surface area contributed by atoms with Crippen LogP contribution in [-0.4, -0.2) is 48.1 Å². The first-order valence-corrected chi connectivity index (χ1v) is 6.06. The molecule has 6 heteroatoms. The van der Waals surface area contributed by atoms with Gasteiger partial charge in [0.2, 0.25) is 0 Å². The lowest BCUT2D eigenvalue weighted by Gasteiger charge is -2.16. The van der Waals surface area contributed by atoms with Crippen LogP contribution in [0.3, 0.4) is 0 Å². The molecule has 0 rings (SSSR count). The Morgan fingerprint density at radius 1 is 1.33 bits per heavy atom. The van der Waals surface area contributed by atoms with Crippen molar-refractivity contribution in [2.24, 2.45) is 5.73 Å². The summed E-state index contributed by atoms with van der Waals surface area (Å²) in [5.74, 6) is -0.0128. The van der Waals surface area contributed by atoms with E-state index in [1.54, 1.807) is 0 Å². The molecule has 0 unspecified atom stereocenters. The molecule has 90 valence electrons. The number of nitrogens with two attached hydrogens (primary N) is 1. The first-order chi connectivity index (χ1) is 7.11. The van der Waals surface area contributed by atoms with Gasteiger partial charge in [0, 0.05) is 24.7 Å². The predicted molar refractivity (Wildman–Crippen MR) is 60.0 cm³/mol. The molecule has 3 N–H and O–H groups in total. The summed E-state index contributed by atoms with van der Waals surface area (Å²) in [7, 11) is 0. The van der Waals surface area contributed by atoms with Gasteiger partial charge >= 0.3 is 5.97 Å². The Bertz CT molecular complexity index is 173. The Labute approximate surface area is 94.3 Å². The Balaban J connectivity index is 3.64. The third-order valence-corrected chi connectivity index (χ3v) is 2.68. The van der Waals surface area contributed by atoms with Gasteiger partial charge in [-0.25, -0.2) is 0 Å². The number of carboxylic acids is 1. The fourth-order valence-electron chi connectivity index (χ4n) is 0.879. The molecule has 1 atom stereocenters. The second-order valence-electron chi connectivity index (χ2n) is 2.82. The van der Waals surface area contributed by atoms with Crippen LogP contribution in [0.4, 0.5) is 0 Å². The lowest BCUT2D eigenvalue weighted by atomic mass is 10.4. The van der Waals surface area contributed by atoms with E-state index in [2.05, 4.69) is 0 Å². The van der Waals surface area contributed by atoms with E-state index in [0.29, 0.717) is 24.7 Å². The van der Waals surface area contributed by atoms with E-state index in [1.807, 2.05) is 13.8 Å². The van der Waals surface area contributed by atoms with Gasteiger partial charge in [-0.05, 0) is 13.8 Å². The topological polar surface area (TPSA) is 81.8 Å². The van der Waals surface area contributed by atoms with Crippen LogP contribution >= 0.6 is 11.8 Å². The van der Waals surface area contributed by atoms with Crippen molar-refractivity contribution in [2.75, 3.05) is 24.7 Å². The monoisotopic (exact) mass is 237 g/mol. The fourth-order valence-corrected chi connectivity index (χ4v) is 1.80. The molecular formula is C9H19NO4S. The van der Waals surface area contributed by atoms with Crippen LogP contribution in [0.25, 0.3) is 0 Å². The van der Waals surface area contributed by atoms with Gasteiger partial charge in [0.15, 0.2) is 6.29 Å². The number of thioether (sulfide) groups is 1. The van der Waals surface area contributed by atoms with E-state index in [1.165, 1.54) is 11.8 Å². The number of hydrogen-bond acceptors (Lipinski definition) is 5. The van der Waals surface area contributed by atoms with Crippen molar-refractivity contribution in [2.45, 2.75) is 26.2 Å². The molecule has 0 spiro atoms. The van der Waals surface area contributed by atoms with E-state index < -0.39 is 12.0 Å². The Kier molecular flexibility index (Phi) is 8.79. The summed E-state index contributed by atoms with van der Waals surface area (Å²) >= 11 is 1.42. The molecule has 0 aromatic rings. The third kappa shape index (κ3) is 7.61. The SMILES string of the molecule is CCOC(CSC[C@@H](N)C(=O)O)OCC. The molecule has 0 radical (unpaired) electrons. The Morgan fingerprint density at radius 3 is 2.27 bits per heavy atom. The van der Waals surface area contributed by atoms with E-state index in [-0.39, 0.29) is 6.29 Å². The van der Waals surface area contributed by atoms with Crippen molar-refractivity contribution in [3.63, 3.8) is 0 Å². The molecule has 0 heterocycles. The molecule has 0 saturated heterocycles. The van der Waals surface area contributed by atoms with Crippen LogP contribution in [0, 0.1) is 0 Å². The molecule has 5 nitrogen and oxygen atoms in total. The summed E-state index contributed by atoms with van der Waals surface area (Å²) in [6, 6.07) is -0.820. The largest absolute Gasteiger partial charge is 0.480 e. The van der Waals surface area contributed by atoms with Gasteiger partial charge < -0.3 is 20.3 Å². The molecule has 0 aliphatic carbocycles. The molecule has 0 aliphatic rings. The highest BCUT2D eigenvalue weighted by molar-refractivity contribution is 7.99. The normalized spacial score (nSPS) is 13.1. The van der Waals surface area contributed by atoms with Crippen LogP contribution in [0.1, 0.15) is 13.8 Å². The quantitative estimate of drug-likeness (QED) is 0.569. The smallest absolute Gasteiger partial charge is 0.321 e. The maximum absolute atomic E-state index is 10.4. The van der Waals surface area contributed by atoms with E-state index in [0.717, 1.165) is 0 Å². The lowest BCUT2D eigenvalue weighted by molar-refractivity contribution is -0.138. The van der Waals surface area contributed by atoms with Gasteiger partial charge in [-0.3, -0.25) is 4.79 Å². The molecule has 0 bridgehead atoms. The number of ether oxygens (including phenoxy) is 2. The average Bonchev–Trinajstić information content (AvgIpc) is 2.18. The first-order valence-electron chi connectivity index (χ1n) is 4.91. The van der Waals surface area contributed by atoms with Crippen LogP contribution in [-0.2, 0) is 14.3 Å². The lowest BCUT2D eigenvalue weighted by Crippen LogP contribution is -2.33. The third-order valence-electron chi connectivity index (χ3n) is 1.57. The van der Waals surface area contributed by atoms with Crippen LogP contribution in [0.5, 0.6) is 0 Å². The Morgan fingerprint density at radius 2 is 1.87 bits per heavy atom. The minimum Gasteiger partial charge on any atom is -0.480 e. The van der Waals surface area contributed by atoms with Gasteiger partial charge in [0.25, 0.3) is 0 Å². The van der Waals surface area contributed by atoms with E-state index in [4.69, 9.17) is 20.3 Å². The fraction of sp³-hybridized carbons (Fsp3) is 0.889. The summed E-state index contributed by atoms with van der Waals surface area (Å²) in [5.41, 5.74) is 5.35. The number of aliphatic carboxylic acids is 1. The predicted octanol–water partition coefficient (Wildman–Crippen LogP) is 0.531. The van der Waals surface area contributed by atoms with Crippen LogP contribution in [0.15, 0.2) is 0 Å². The zero-order chi connectivity index (χ0) is 11.7. The van der Waals surface area contributed by atoms with E-state index in [9.17, 15) is 4.79 Å². The molecule has 0 aliphatic heterocycles. The minimum absolute atomic E-state index is 0.272. The van der Waals surface area contributed by atoms with Gasteiger partial charge in [-0.15, -0.1) is 0 Å². The molecular weight excluding hydrogens is 218 g/mol. The summed E-state index contributed by atoms with van der Waals surface area (Å²) < 4.78 is 10.6. The number of carboxylic acid groups (broad SMARTS) is 1. The number of rotatable bonds is 9. The van der Waals surface area contributed by atoms with Crippen LogP contribution < -0.4 is 5.73 Å². The molecule has 0 fully saturated rings. The van der Waals surface area contributed by atoms with Crippen molar-refractivity contribution in [3.05, 3.63) is 0 Å². The van der Waals surface area contributed by atoms with Crippen LogP contribution in [0.2, 0.25) is 0 Å².